The zero-order chi connectivity index (χ0) is 15.9. The van der Waals surface area contributed by atoms with Crippen LogP contribution in [0.3, 0.4) is 0 Å². The van der Waals surface area contributed by atoms with Gasteiger partial charge in [-0.3, -0.25) is 4.79 Å². The Labute approximate surface area is 138 Å². The molecule has 0 amide bonds. The third kappa shape index (κ3) is 2.80. The third-order valence-electron chi connectivity index (χ3n) is 6.58. The molecule has 2 saturated carbocycles. The number of benzene rings is 1. The largest absolute Gasteiger partial charge is 0.508 e. The number of ketones is 1. The second-order valence-corrected chi connectivity index (χ2v) is 7.96. The van der Waals surface area contributed by atoms with E-state index in [4.69, 9.17) is 0 Å². The summed E-state index contributed by atoms with van der Waals surface area (Å²) in [5, 5.41) is 9.91. The summed E-state index contributed by atoms with van der Waals surface area (Å²) < 4.78 is 0. The van der Waals surface area contributed by atoms with Crippen molar-refractivity contribution in [1.82, 2.24) is 4.90 Å². The molecule has 1 aromatic carbocycles. The quantitative estimate of drug-likeness (QED) is 0.928. The first-order valence-corrected chi connectivity index (χ1v) is 9.19. The van der Waals surface area contributed by atoms with Gasteiger partial charge in [-0.1, -0.05) is 18.6 Å². The van der Waals surface area contributed by atoms with Crippen LogP contribution in [0.1, 0.15) is 50.5 Å². The van der Waals surface area contributed by atoms with Crippen molar-refractivity contribution in [3.05, 3.63) is 29.8 Å². The van der Waals surface area contributed by atoms with Crippen molar-refractivity contribution in [2.24, 2.45) is 11.8 Å². The highest BCUT2D eigenvalue weighted by atomic mass is 16.3. The summed E-state index contributed by atoms with van der Waals surface area (Å²) in [7, 11) is 0. The Bertz CT molecular complexity index is 595. The first-order valence-electron chi connectivity index (χ1n) is 9.19. The number of carbonyl (C=O) groups is 1. The summed E-state index contributed by atoms with van der Waals surface area (Å²) in [6.07, 6.45) is 7.68. The fourth-order valence-electron chi connectivity index (χ4n) is 5.02. The van der Waals surface area contributed by atoms with Crippen molar-refractivity contribution in [3.63, 3.8) is 0 Å². The molecule has 3 nitrogen and oxygen atoms in total. The molecular weight excluding hydrogens is 286 g/mol. The maximum Gasteiger partial charge on any atom is 0.133 e. The summed E-state index contributed by atoms with van der Waals surface area (Å²) in [5.74, 6) is 2.19. The van der Waals surface area contributed by atoms with E-state index >= 15 is 0 Å². The lowest BCUT2D eigenvalue weighted by atomic mass is 9.58. The number of nitrogens with zero attached hydrogens (tertiary/aromatic N) is 1. The molecule has 0 bridgehead atoms. The van der Waals surface area contributed by atoms with Gasteiger partial charge in [-0.25, -0.2) is 0 Å². The van der Waals surface area contributed by atoms with Gasteiger partial charge < -0.3 is 10.0 Å². The highest BCUT2D eigenvalue weighted by Gasteiger charge is 2.48. The van der Waals surface area contributed by atoms with Crippen LogP contribution < -0.4 is 0 Å². The van der Waals surface area contributed by atoms with Crippen LogP contribution in [0.5, 0.6) is 5.75 Å². The molecule has 3 heteroatoms. The maximum absolute atomic E-state index is 12.2. The van der Waals surface area contributed by atoms with Gasteiger partial charge in [0.15, 0.2) is 0 Å². The van der Waals surface area contributed by atoms with Crippen LogP contribution in [-0.2, 0) is 10.2 Å². The van der Waals surface area contributed by atoms with Gasteiger partial charge in [0.25, 0.3) is 0 Å². The minimum atomic E-state index is -0.0375. The van der Waals surface area contributed by atoms with Crippen LogP contribution in [0, 0.1) is 11.8 Å². The molecule has 1 heterocycles. The van der Waals surface area contributed by atoms with Crippen LogP contribution in [0.15, 0.2) is 24.3 Å². The molecule has 0 spiro atoms. The van der Waals surface area contributed by atoms with E-state index in [1.807, 2.05) is 12.1 Å². The molecule has 3 fully saturated rings. The summed E-state index contributed by atoms with van der Waals surface area (Å²) in [5.41, 5.74) is 1.14. The molecule has 0 aromatic heterocycles. The predicted molar refractivity (Wildman–Crippen MR) is 90.5 cm³/mol. The third-order valence-corrected chi connectivity index (χ3v) is 6.58. The van der Waals surface area contributed by atoms with Gasteiger partial charge in [0.1, 0.15) is 11.5 Å². The normalized spacial score (nSPS) is 32.3. The van der Waals surface area contributed by atoms with E-state index in [1.54, 1.807) is 6.07 Å². The zero-order valence-corrected chi connectivity index (χ0v) is 13.8. The average Bonchev–Trinajstić information content (AvgIpc) is 2.51. The molecule has 4 rings (SSSR count). The standard InChI is InChI=1S/C20H27NO2/c22-18-6-2-5-16(11-18)20-9-10-21(13-15-3-1-4-15)14-17(20)7-8-19(23)12-20/h2,5-6,11,15,17,22H,1,3-4,7-10,12-14H2. The van der Waals surface area contributed by atoms with Gasteiger partial charge in [-0.05, 0) is 61.8 Å². The van der Waals surface area contributed by atoms with Crippen LogP contribution >= 0.6 is 0 Å². The SMILES string of the molecule is O=C1CCC2CN(CC3CCC3)CCC2(c2cccc(O)c2)C1. The molecule has 3 aliphatic rings. The van der Waals surface area contributed by atoms with Crippen LogP contribution in [0.2, 0.25) is 0 Å². The smallest absolute Gasteiger partial charge is 0.133 e. The number of rotatable bonds is 3. The zero-order valence-electron chi connectivity index (χ0n) is 13.8. The summed E-state index contributed by atoms with van der Waals surface area (Å²) in [6, 6.07) is 7.67. The minimum Gasteiger partial charge on any atom is -0.508 e. The van der Waals surface area contributed by atoms with Crippen molar-refractivity contribution in [2.45, 2.75) is 50.4 Å². The van der Waals surface area contributed by atoms with Gasteiger partial charge in [0.2, 0.25) is 0 Å². The van der Waals surface area contributed by atoms with Gasteiger partial charge >= 0.3 is 0 Å². The monoisotopic (exact) mass is 313 g/mol. The van der Waals surface area contributed by atoms with Crippen molar-refractivity contribution in [2.75, 3.05) is 19.6 Å². The number of carbonyl (C=O) groups excluding carboxylic acids is 1. The molecule has 124 valence electrons. The Morgan fingerprint density at radius 3 is 2.87 bits per heavy atom. The first-order chi connectivity index (χ1) is 11.2. The van der Waals surface area contributed by atoms with Gasteiger partial charge in [0.05, 0.1) is 0 Å². The summed E-state index contributed by atoms with van der Waals surface area (Å²) >= 11 is 0. The number of likely N-dealkylation sites (tertiary alicyclic amines) is 1. The van der Waals surface area contributed by atoms with E-state index in [2.05, 4.69) is 11.0 Å². The topological polar surface area (TPSA) is 40.5 Å². The van der Waals surface area contributed by atoms with Gasteiger partial charge in [-0.2, -0.15) is 0 Å². The van der Waals surface area contributed by atoms with E-state index in [0.29, 0.717) is 23.9 Å². The van der Waals surface area contributed by atoms with E-state index < -0.39 is 0 Å². The van der Waals surface area contributed by atoms with E-state index in [1.165, 1.54) is 31.4 Å². The van der Waals surface area contributed by atoms with Crippen molar-refractivity contribution in [1.29, 1.82) is 0 Å². The fraction of sp³-hybridized carbons (Fsp3) is 0.650. The molecule has 0 radical (unpaired) electrons. The number of hydrogen-bond acceptors (Lipinski definition) is 3. The molecule has 2 aliphatic carbocycles. The summed E-state index contributed by atoms with van der Waals surface area (Å²) in [6.45, 7) is 3.47. The Morgan fingerprint density at radius 1 is 1.26 bits per heavy atom. The van der Waals surface area contributed by atoms with Crippen LogP contribution in [0.25, 0.3) is 0 Å². The molecule has 2 unspecified atom stereocenters. The molecule has 2 atom stereocenters. The van der Waals surface area contributed by atoms with Crippen LogP contribution in [0.4, 0.5) is 0 Å². The molecule has 23 heavy (non-hydrogen) atoms. The number of Topliss-reactive ketones (excluding diaryl/α,β-unsaturated/α-hetero) is 1. The first kappa shape index (κ1) is 15.2. The van der Waals surface area contributed by atoms with Gasteiger partial charge in [0, 0.05) is 31.3 Å². The van der Waals surface area contributed by atoms with Crippen molar-refractivity contribution >= 4 is 5.78 Å². The second kappa shape index (κ2) is 5.94. The lowest BCUT2D eigenvalue weighted by Crippen LogP contribution is -2.54. The fourth-order valence-corrected chi connectivity index (χ4v) is 5.02. The molecule has 1 N–H and O–H groups in total. The van der Waals surface area contributed by atoms with Gasteiger partial charge in [-0.15, -0.1) is 0 Å². The van der Waals surface area contributed by atoms with Crippen molar-refractivity contribution in [3.8, 4) is 5.75 Å². The number of aromatic hydroxyl groups is 1. The lowest BCUT2D eigenvalue weighted by molar-refractivity contribution is -0.125. The van der Waals surface area contributed by atoms with E-state index in [-0.39, 0.29) is 5.41 Å². The number of fused-ring (bicyclic) bond motifs is 1. The molecule has 1 saturated heterocycles. The average molecular weight is 313 g/mol. The predicted octanol–water partition coefficient (Wildman–Crippen LogP) is 3.51. The Balaban J connectivity index is 1.58. The van der Waals surface area contributed by atoms with E-state index in [0.717, 1.165) is 38.3 Å². The molecule has 1 aliphatic heterocycles. The van der Waals surface area contributed by atoms with Crippen molar-refractivity contribution < 1.29 is 9.90 Å². The molecule has 1 aromatic rings. The Kier molecular flexibility index (Phi) is 3.92. The van der Waals surface area contributed by atoms with Crippen LogP contribution in [-0.4, -0.2) is 35.4 Å². The summed E-state index contributed by atoms with van der Waals surface area (Å²) in [4.78, 5) is 14.9. The Hall–Kier alpha value is -1.35. The maximum atomic E-state index is 12.2. The highest BCUT2D eigenvalue weighted by molar-refractivity contribution is 5.81. The number of piperidine rings is 1. The second-order valence-electron chi connectivity index (χ2n) is 7.96. The lowest BCUT2D eigenvalue weighted by Gasteiger charge is -2.51. The highest BCUT2D eigenvalue weighted by Crippen LogP contribution is 2.48. The number of phenols is 1. The van der Waals surface area contributed by atoms with E-state index in [9.17, 15) is 9.90 Å². The molecular formula is C20H27NO2. The number of hydrogen-bond donors (Lipinski definition) is 1. The Morgan fingerprint density at radius 2 is 2.13 bits per heavy atom. The minimum absolute atomic E-state index is 0.0375. The number of phenolic OH excluding ortho intramolecular Hbond substituents is 1.